The van der Waals surface area contributed by atoms with Crippen molar-refractivity contribution in [3.63, 3.8) is 0 Å². The van der Waals surface area contributed by atoms with E-state index >= 15 is 0 Å². The van der Waals surface area contributed by atoms with Gasteiger partial charge in [0.05, 0.1) is 25.6 Å². The molecule has 0 aliphatic carbocycles. The van der Waals surface area contributed by atoms with Crippen LogP contribution in [-0.2, 0) is 0 Å². The minimum atomic E-state index is -0.468. The van der Waals surface area contributed by atoms with Crippen molar-refractivity contribution >= 4 is 5.91 Å². The summed E-state index contributed by atoms with van der Waals surface area (Å²) in [6.07, 6.45) is 0. The largest absolute Gasteiger partial charge is 0.497 e. The smallest absolute Gasteiger partial charge is 0.285 e. The Morgan fingerprint density at radius 1 is 1.08 bits per heavy atom. The maximum absolute atomic E-state index is 12.0. The predicted molar refractivity (Wildman–Crippen MR) is 98.5 cm³/mol. The van der Waals surface area contributed by atoms with Crippen molar-refractivity contribution in [3.05, 3.63) is 59.8 Å². The molecule has 0 atom stereocenters. The molecule has 0 spiro atoms. The lowest BCUT2D eigenvalue weighted by molar-refractivity contribution is 0.0948. The van der Waals surface area contributed by atoms with Crippen molar-refractivity contribution in [3.8, 4) is 28.4 Å². The summed E-state index contributed by atoms with van der Waals surface area (Å²) in [5.41, 5.74) is 5.75. The molecule has 0 bridgehead atoms. The zero-order valence-electron chi connectivity index (χ0n) is 14.8. The molecule has 0 unspecified atom stereocenters. The Labute approximate surface area is 151 Å². The highest BCUT2D eigenvalue weighted by atomic mass is 16.5. The Kier molecular flexibility index (Phi) is 4.90. The van der Waals surface area contributed by atoms with Crippen LogP contribution in [0.2, 0.25) is 0 Å². The fraction of sp³-hybridized carbons (Fsp3) is 0.158. The molecule has 0 aliphatic heterocycles. The van der Waals surface area contributed by atoms with Gasteiger partial charge in [-0.2, -0.15) is 5.10 Å². The van der Waals surface area contributed by atoms with E-state index in [4.69, 9.17) is 15.3 Å². The average Bonchev–Trinajstić information content (AvgIpc) is 3.12. The third-order valence-electron chi connectivity index (χ3n) is 4.04. The molecule has 7 heteroatoms. The van der Waals surface area contributed by atoms with Gasteiger partial charge in [-0.1, -0.05) is 17.7 Å². The van der Waals surface area contributed by atoms with E-state index in [1.807, 2.05) is 43.3 Å². The third-order valence-corrected chi connectivity index (χ3v) is 4.04. The van der Waals surface area contributed by atoms with Gasteiger partial charge in [-0.3, -0.25) is 10.2 Å². The molecule has 3 rings (SSSR count). The first-order chi connectivity index (χ1) is 12.6. The molecule has 0 saturated carbocycles. The first-order valence-corrected chi connectivity index (χ1v) is 7.98. The molecular weight excluding hydrogens is 332 g/mol. The first kappa shape index (κ1) is 17.5. The lowest BCUT2D eigenvalue weighted by Gasteiger charge is -2.12. The molecular formula is C19H20N4O3. The van der Waals surface area contributed by atoms with Crippen molar-refractivity contribution in [2.75, 3.05) is 14.2 Å². The maximum atomic E-state index is 12.0. The molecule has 3 N–H and O–H groups in total. The molecule has 2 aromatic carbocycles. The predicted octanol–water partition coefficient (Wildman–Crippen LogP) is 2.47. The number of methoxy groups -OCH3 is 2. The summed E-state index contributed by atoms with van der Waals surface area (Å²) in [4.78, 5) is 12.0. The van der Waals surface area contributed by atoms with Gasteiger partial charge in [0.15, 0.2) is 5.69 Å². The van der Waals surface area contributed by atoms with Crippen LogP contribution in [0.25, 0.3) is 16.9 Å². The molecule has 1 aromatic heterocycles. The Bertz CT molecular complexity index is 932. The maximum Gasteiger partial charge on any atom is 0.285 e. The van der Waals surface area contributed by atoms with Crippen LogP contribution in [0.1, 0.15) is 16.1 Å². The normalized spacial score (nSPS) is 10.5. The molecule has 26 heavy (non-hydrogen) atoms. The number of nitrogen functional groups attached to an aromatic ring is 1. The number of aromatic nitrogens is 2. The summed E-state index contributed by atoms with van der Waals surface area (Å²) in [5.74, 6) is 6.08. The Morgan fingerprint density at radius 3 is 2.42 bits per heavy atom. The molecule has 1 amide bonds. The first-order valence-electron chi connectivity index (χ1n) is 7.98. The minimum absolute atomic E-state index is 0.209. The summed E-state index contributed by atoms with van der Waals surface area (Å²) >= 11 is 0. The number of aryl methyl sites for hydroxylation is 1. The number of carbonyl (C=O) groups excluding carboxylic acids is 1. The van der Waals surface area contributed by atoms with E-state index in [0.717, 1.165) is 16.8 Å². The topological polar surface area (TPSA) is 91.4 Å². The minimum Gasteiger partial charge on any atom is -0.497 e. The fourth-order valence-corrected chi connectivity index (χ4v) is 2.65. The van der Waals surface area contributed by atoms with Crippen LogP contribution in [0.5, 0.6) is 11.5 Å². The number of hydrazine groups is 1. The number of nitrogens with one attached hydrogen (secondary N) is 1. The molecule has 0 aliphatic rings. The SMILES string of the molecule is COc1ccc(-c2cc(C(=O)NN)nn2-c2ccc(C)cc2)c(OC)c1. The molecule has 1 heterocycles. The molecule has 0 radical (unpaired) electrons. The van der Waals surface area contributed by atoms with Crippen LogP contribution in [0.15, 0.2) is 48.5 Å². The zero-order chi connectivity index (χ0) is 18.7. The summed E-state index contributed by atoms with van der Waals surface area (Å²) in [6, 6.07) is 15.0. The summed E-state index contributed by atoms with van der Waals surface area (Å²) in [7, 11) is 3.17. The van der Waals surface area contributed by atoms with Crippen LogP contribution in [0.3, 0.4) is 0 Å². The molecule has 7 nitrogen and oxygen atoms in total. The quantitative estimate of drug-likeness (QED) is 0.418. The fourth-order valence-electron chi connectivity index (χ4n) is 2.65. The summed E-state index contributed by atoms with van der Waals surface area (Å²) < 4.78 is 12.4. The zero-order valence-corrected chi connectivity index (χ0v) is 14.8. The molecule has 3 aromatic rings. The van der Waals surface area contributed by atoms with E-state index in [1.54, 1.807) is 31.0 Å². The van der Waals surface area contributed by atoms with Crippen LogP contribution >= 0.6 is 0 Å². The van der Waals surface area contributed by atoms with E-state index in [9.17, 15) is 4.79 Å². The monoisotopic (exact) mass is 352 g/mol. The van der Waals surface area contributed by atoms with Crippen molar-refractivity contribution in [2.24, 2.45) is 5.84 Å². The molecule has 134 valence electrons. The van der Waals surface area contributed by atoms with Crippen LogP contribution in [0, 0.1) is 6.92 Å². The Balaban J connectivity index is 2.21. The Hall–Kier alpha value is -3.32. The van der Waals surface area contributed by atoms with Crippen molar-refractivity contribution in [1.29, 1.82) is 0 Å². The van der Waals surface area contributed by atoms with Crippen molar-refractivity contribution < 1.29 is 14.3 Å². The van der Waals surface area contributed by atoms with Crippen molar-refractivity contribution in [2.45, 2.75) is 6.92 Å². The second kappa shape index (κ2) is 7.28. The van der Waals surface area contributed by atoms with E-state index < -0.39 is 5.91 Å². The number of hydrogen-bond acceptors (Lipinski definition) is 5. The highest BCUT2D eigenvalue weighted by Gasteiger charge is 2.19. The summed E-state index contributed by atoms with van der Waals surface area (Å²) in [6.45, 7) is 2.01. The molecule has 0 fully saturated rings. The number of benzene rings is 2. The second-order valence-corrected chi connectivity index (χ2v) is 5.70. The highest BCUT2D eigenvalue weighted by Crippen LogP contribution is 2.35. The Morgan fingerprint density at radius 2 is 1.81 bits per heavy atom. The van der Waals surface area contributed by atoms with Gasteiger partial charge >= 0.3 is 0 Å². The third kappa shape index (κ3) is 3.25. The van der Waals surface area contributed by atoms with E-state index in [0.29, 0.717) is 17.2 Å². The van der Waals surface area contributed by atoms with E-state index in [-0.39, 0.29) is 5.69 Å². The second-order valence-electron chi connectivity index (χ2n) is 5.70. The van der Waals surface area contributed by atoms with Gasteiger partial charge < -0.3 is 9.47 Å². The number of carbonyl (C=O) groups is 1. The number of nitrogens with zero attached hydrogens (tertiary/aromatic N) is 2. The van der Waals surface area contributed by atoms with Gasteiger partial charge in [0.1, 0.15) is 11.5 Å². The van der Waals surface area contributed by atoms with Crippen molar-refractivity contribution in [1.82, 2.24) is 15.2 Å². The summed E-state index contributed by atoms with van der Waals surface area (Å²) in [5, 5.41) is 4.41. The van der Waals surface area contributed by atoms with Gasteiger partial charge in [0.2, 0.25) is 0 Å². The lowest BCUT2D eigenvalue weighted by Crippen LogP contribution is -2.30. The lowest BCUT2D eigenvalue weighted by atomic mass is 10.1. The molecule has 0 saturated heterocycles. The van der Waals surface area contributed by atoms with Gasteiger partial charge in [-0.25, -0.2) is 10.5 Å². The number of ether oxygens (including phenoxy) is 2. The van der Waals surface area contributed by atoms with Gasteiger partial charge in [-0.15, -0.1) is 0 Å². The van der Waals surface area contributed by atoms with E-state index in [2.05, 4.69) is 10.5 Å². The number of amides is 1. The number of hydrogen-bond donors (Lipinski definition) is 2. The highest BCUT2D eigenvalue weighted by molar-refractivity contribution is 5.93. The average molecular weight is 352 g/mol. The van der Waals surface area contributed by atoms with Gasteiger partial charge in [0.25, 0.3) is 5.91 Å². The number of rotatable bonds is 5. The van der Waals surface area contributed by atoms with Crippen LogP contribution in [0.4, 0.5) is 0 Å². The van der Waals surface area contributed by atoms with Gasteiger partial charge in [0, 0.05) is 11.6 Å². The van der Waals surface area contributed by atoms with Gasteiger partial charge in [-0.05, 0) is 37.3 Å². The van der Waals surface area contributed by atoms with E-state index in [1.165, 1.54) is 0 Å². The van der Waals surface area contributed by atoms with Crippen LogP contribution < -0.4 is 20.7 Å². The standard InChI is InChI=1S/C19H20N4O3/c1-12-4-6-13(7-5-12)23-17(11-16(22-23)19(24)21-20)15-9-8-14(25-2)10-18(15)26-3/h4-11H,20H2,1-3H3,(H,21,24). The van der Waals surface area contributed by atoms with Crippen LogP contribution in [-0.4, -0.2) is 29.9 Å². The number of nitrogens with two attached hydrogens (primary N) is 1.